The molecule has 1 aromatic carbocycles. The molecule has 1 aromatic rings. The second kappa shape index (κ2) is 4.32. The van der Waals surface area contributed by atoms with E-state index in [1.807, 2.05) is 18.2 Å². The van der Waals surface area contributed by atoms with Crippen LogP contribution in [-0.4, -0.2) is 5.11 Å². The van der Waals surface area contributed by atoms with Crippen LogP contribution >= 0.6 is 0 Å². The average molecular weight is 218 g/mol. The molecule has 1 heteroatoms. The van der Waals surface area contributed by atoms with E-state index in [0.717, 1.165) is 16.7 Å². The highest BCUT2D eigenvalue weighted by molar-refractivity contribution is 5.57. The van der Waals surface area contributed by atoms with Crippen LogP contribution in [0, 0.1) is 0 Å². The Balaban J connectivity index is 3.49. The van der Waals surface area contributed by atoms with Crippen LogP contribution < -0.4 is 0 Å². The molecule has 0 unspecified atom stereocenters. The number of phenolic OH excluding ortho intramolecular Hbond substituents is 1. The predicted octanol–water partition coefficient (Wildman–Crippen LogP) is 4.46. The number of aromatic hydroxyl groups is 1. The topological polar surface area (TPSA) is 20.2 Å². The van der Waals surface area contributed by atoms with Crippen molar-refractivity contribution in [1.82, 2.24) is 0 Å². The molecule has 0 aromatic heterocycles. The summed E-state index contributed by atoms with van der Waals surface area (Å²) in [5, 5.41) is 10.3. The van der Waals surface area contributed by atoms with E-state index in [4.69, 9.17) is 0 Å². The van der Waals surface area contributed by atoms with Crippen LogP contribution in [0.15, 0.2) is 18.7 Å². The molecule has 0 fully saturated rings. The summed E-state index contributed by atoms with van der Waals surface area (Å²) < 4.78 is 0. The molecule has 1 rings (SSSR count). The lowest BCUT2D eigenvalue weighted by Crippen LogP contribution is -2.12. The van der Waals surface area contributed by atoms with Crippen molar-refractivity contribution in [1.29, 1.82) is 0 Å². The molecule has 0 spiro atoms. The van der Waals surface area contributed by atoms with E-state index < -0.39 is 0 Å². The summed E-state index contributed by atoms with van der Waals surface area (Å²) in [5.74, 6) is 0.758. The van der Waals surface area contributed by atoms with E-state index >= 15 is 0 Å². The maximum atomic E-state index is 10.3. The monoisotopic (exact) mass is 218 g/mol. The quantitative estimate of drug-likeness (QED) is 0.777. The third-order valence-electron chi connectivity index (χ3n) is 2.83. The molecule has 0 amide bonds. The molecule has 0 heterocycles. The SMILES string of the molecule is C=Cc1cc(C(C)C)c(O)c(C(C)(C)C)c1. The first-order valence-corrected chi connectivity index (χ1v) is 5.77. The van der Waals surface area contributed by atoms with Gasteiger partial charge in [-0.1, -0.05) is 47.3 Å². The minimum Gasteiger partial charge on any atom is -0.507 e. The van der Waals surface area contributed by atoms with Gasteiger partial charge in [0.25, 0.3) is 0 Å². The van der Waals surface area contributed by atoms with Gasteiger partial charge in [0, 0.05) is 5.56 Å². The van der Waals surface area contributed by atoms with Gasteiger partial charge < -0.3 is 5.11 Å². The average Bonchev–Trinajstić information content (AvgIpc) is 2.15. The fourth-order valence-corrected chi connectivity index (χ4v) is 1.81. The maximum absolute atomic E-state index is 10.3. The summed E-state index contributed by atoms with van der Waals surface area (Å²) in [6.07, 6.45) is 1.83. The lowest BCUT2D eigenvalue weighted by molar-refractivity contribution is 0.437. The van der Waals surface area contributed by atoms with Crippen LogP contribution in [-0.2, 0) is 5.41 Å². The Kier molecular flexibility index (Phi) is 3.47. The second-order valence-electron chi connectivity index (χ2n) is 5.62. The van der Waals surface area contributed by atoms with Crippen molar-refractivity contribution in [2.24, 2.45) is 0 Å². The highest BCUT2D eigenvalue weighted by atomic mass is 16.3. The zero-order valence-electron chi connectivity index (χ0n) is 11.0. The predicted molar refractivity (Wildman–Crippen MR) is 71.0 cm³/mol. The van der Waals surface area contributed by atoms with Crippen LogP contribution in [0.1, 0.15) is 57.2 Å². The van der Waals surface area contributed by atoms with Crippen molar-refractivity contribution >= 4 is 6.08 Å². The van der Waals surface area contributed by atoms with Gasteiger partial charge in [-0.15, -0.1) is 0 Å². The molecular weight excluding hydrogens is 196 g/mol. The Morgan fingerprint density at radius 3 is 2.19 bits per heavy atom. The number of hydrogen-bond acceptors (Lipinski definition) is 1. The molecule has 1 nitrogen and oxygen atoms in total. The maximum Gasteiger partial charge on any atom is 0.122 e. The van der Waals surface area contributed by atoms with E-state index in [0.29, 0.717) is 11.7 Å². The van der Waals surface area contributed by atoms with Crippen molar-refractivity contribution in [2.45, 2.75) is 46.0 Å². The normalized spacial score (nSPS) is 11.9. The van der Waals surface area contributed by atoms with Crippen LogP contribution in [0.5, 0.6) is 5.75 Å². The fraction of sp³-hybridized carbons (Fsp3) is 0.467. The number of benzene rings is 1. The summed E-state index contributed by atoms with van der Waals surface area (Å²) in [6, 6.07) is 4.04. The summed E-state index contributed by atoms with van der Waals surface area (Å²) in [4.78, 5) is 0. The molecule has 0 saturated carbocycles. The van der Waals surface area contributed by atoms with Crippen LogP contribution in [0.25, 0.3) is 6.08 Å². The number of hydrogen-bond donors (Lipinski definition) is 1. The smallest absolute Gasteiger partial charge is 0.122 e. The van der Waals surface area contributed by atoms with Gasteiger partial charge in [-0.2, -0.15) is 0 Å². The van der Waals surface area contributed by atoms with Gasteiger partial charge in [0.2, 0.25) is 0 Å². The fourth-order valence-electron chi connectivity index (χ4n) is 1.81. The summed E-state index contributed by atoms with van der Waals surface area (Å²) in [6.45, 7) is 14.3. The van der Waals surface area contributed by atoms with Crippen LogP contribution in [0.4, 0.5) is 0 Å². The Morgan fingerprint density at radius 2 is 1.81 bits per heavy atom. The molecule has 1 N–H and O–H groups in total. The Hall–Kier alpha value is -1.24. The molecule has 0 bridgehead atoms. The molecule has 0 aliphatic rings. The second-order valence-corrected chi connectivity index (χ2v) is 5.62. The molecule has 88 valence electrons. The first-order chi connectivity index (χ1) is 7.27. The molecule has 0 atom stereocenters. The summed E-state index contributed by atoms with van der Waals surface area (Å²) in [7, 11) is 0. The van der Waals surface area contributed by atoms with Crippen molar-refractivity contribution in [3.63, 3.8) is 0 Å². The standard InChI is InChI=1S/C15H22O/c1-7-11-8-12(10(2)3)14(16)13(9-11)15(4,5)6/h7-10,16H,1H2,2-6H3. The minimum atomic E-state index is -0.0489. The molecular formula is C15H22O. The first-order valence-electron chi connectivity index (χ1n) is 5.77. The summed E-state index contributed by atoms with van der Waals surface area (Å²) >= 11 is 0. The van der Waals surface area contributed by atoms with Crippen LogP contribution in [0.2, 0.25) is 0 Å². The van der Waals surface area contributed by atoms with Gasteiger partial charge in [-0.3, -0.25) is 0 Å². The van der Waals surface area contributed by atoms with Crippen LogP contribution in [0.3, 0.4) is 0 Å². The van der Waals surface area contributed by atoms with E-state index in [2.05, 4.69) is 41.2 Å². The van der Waals surface area contributed by atoms with E-state index in [1.54, 1.807) is 0 Å². The molecule has 0 radical (unpaired) electrons. The van der Waals surface area contributed by atoms with E-state index in [-0.39, 0.29) is 5.41 Å². The minimum absolute atomic E-state index is 0.0489. The zero-order chi connectivity index (χ0) is 12.5. The number of phenols is 1. The van der Waals surface area contributed by atoms with Gasteiger partial charge in [-0.05, 0) is 34.6 Å². The van der Waals surface area contributed by atoms with Gasteiger partial charge >= 0.3 is 0 Å². The van der Waals surface area contributed by atoms with Crippen molar-refractivity contribution < 1.29 is 5.11 Å². The van der Waals surface area contributed by atoms with Gasteiger partial charge in [0.05, 0.1) is 0 Å². The third kappa shape index (κ3) is 2.46. The highest BCUT2D eigenvalue weighted by Gasteiger charge is 2.21. The first kappa shape index (κ1) is 12.8. The Bertz CT molecular complexity index is 395. The largest absolute Gasteiger partial charge is 0.507 e. The molecule has 0 aliphatic carbocycles. The molecule has 0 saturated heterocycles. The Labute approximate surface area is 98.8 Å². The number of rotatable bonds is 2. The lowest BCUT2D eigenvalue weighted by atomic mass is 9.82. The Morgan fingerprint density at radius 1 is 1.25 bits per heavy atom. The highest BCUT2D eigenvalue weighted by Crippen LogP contribution is 2.37. The van der Waals surface area contributed by atoms with Gasteiger partial charge in [-0.25, -0.2) is 0 Å². The van der Waals surface area contributed by atoms with Gasteiger partial charge in [0.1, 0.15) is 5.75 Å². The third-order valence-corrected chi connectivity index (χ3v) is 2.83. The molecule has 0 aliphatic heterocycles. The van der Waals surface area contributed by atoms with E-state index in [9.17, 15) is 5.11 Å². The molecule has 16 heavy (non-hydrogen) atoms. The lowest BCUT2D eigenvalue weighted by Gasteiger charge is -2.24. The summed E-state index contributed by atoms with van der Waals surface area (Å²) in [5.41, 5.74) is 3.02. The zero-order valence-corrected chi connectivity index (χ0v) is 11.0. The van der Waals surface area contributed by atoms with Gasteiger partial charge in [0.15, 0.2) is 0 Å². The van der Waals surface area contributed by atoms with Crippen molar-refractivity contribution in [3.8, 4) is 5.75 Å². The van der Waals surface area contributed by atoms with Crippen molar-refractivity contribution in [3.05, 3.63) is 35.4 Å². The van der Waals surface area contributed by atoms with Crippen molar-refractivity contribution in [2.75, 3.05) is 0 Å². The van der Waals surface area contributed by atoms with E-state index in [1.165, 1.54) is 0 Å².